The van der Waals surface area contributed by atoms with Crippen LogP contribution in [-0.4, -0.2) is 13.9 Å². The molecule has 0 heterocycles. The van der Waals surface area contributed by atoms with Crippen LogP contribution in [0.1, 0.15) is 146 Å². The highest BCUT2D eigenvalue weighted by atomic mass is 28.4. The van der Waals surface area contributed by atoms with Crippen LogP contribution in [0.3, 0.4) is 0 Å². The summed E-state index contributed by atoms with van der Waals surface area (Å²) in [6.45, 7) is 38.9. The fourth-order valence-electron chi connectivity index (χ4n) is 7.87. The van der Waals surface area contributed by atoms with E-state index in [9.17, 15) is 0 Å². The molecule has 0 aliphatic heterocycles. The Labute approximate surface area is 263 Å². The van der Waals surface area contributed by atoms with Crippen LogP contribution in [0.5, 0.6) is 0 Å². The molecule has 0 saturated carbocycles. The maximum absolute atomic E-state index is 7.37. The smallest absolute Gasteiger partial charge is 0.193 e. The van der Waals surface area contributed by atoms with E-state index in [4.69, 9.17) is 4.43 Å². The first-order valence-corrected chi connectivity index (χ1v) is 19.5. The third-order valence-corrected chi connectivity index (χ3v) is 14.4. The van der Waals surface area contributed by atoms with Crippen LogP contribution < -0.4 is 0 Å². The van der Waals surface area contributed by atoms with Gasteiger partial charge in [-0.25, -0.2) is 0 Å². The molecule has 0 aliphatic rings. The molecule has 42 heavy (non-hydrogen) atoms. The average Bonchev–Trinajstić information content (AvgIpc) is 2.78. The Kier molecular flexibility index (Phi) is 11.3. The molecule has 2 aromatic rings. The van der Waals surface area contributed by atoms with Gasteiger partial charge in [-0.1, -0.05) is 144 Å². The summed E-state index contributed by atoms with van der Waals surface area (Å²) in [6.07, 6.45) is 4.52. The first-order valence-electron chi connectivity index (χ1n) is 16.6. The summed E-state index contributed by atoms with van der Waals surface area (Å²) in [7, 11) is -2.12. The normalized spacial score (nSPS) is 15.9. The van der Waals surface area contributed by atoms with Gasteiger partial charge in [0.05, 0.1) is 5.60 Å². The Morgan fingerprint density at radius 1 is 0.571 bits per heavy atom. The van der Waals surface area contributed by atoms with Crippen molar-refractivity contribution in [1.82, 2.24) is 0 Å². The lowest BCUT2D eigenvalue weighted by molar-refractivity contribution is 0.0298. The monoisotopic (exact) mass is 593 g/mol. The second-order valence-corrected chi connectivity index (χ2v) is 23.6. The minimum atomic E-state index is -2.12. The van der Waals surface area contributed by atoms with Crippen molar-refractivity contribution in [1.29, 1.82) is 0 Å². The molecular formula is C40H68OSi. The Hall–Kier alpha value is -1.38. The van der Waals surface area contributed by atoms with E-state index in [1.165, 1.54) is 17.5 Å². The van der Waals surface area contributed by atoms with Gasteiger partial charge in [-0.3, -0.25) is 0 Å². The standard InChI is InChI=1S/C40H68OSi/c1-35(2,3)27-34(32-25-21-18-22-26-32)38(9,10)30-40(13,14)42(15,16)41-39(11,12)29-37(7,8)28-33(36(4,5)6)31-23-19-17-20-24-31/h17-26,33-34H,27-30H2,1-16H3. The van der Waals surface area contributed by atoms with Crippen molar-refractivity contribution in [2.24, 2.45) is 21.7 Å². The van der Waals surface area contributed by atoms with Crippen LogP contribution in [0.25, 0.3) is 0 Å². The van der Waals surface area contributed by atoms with Crippen LogP contribution in [0.2, 0.25) is 18.1 Å². The van der Waals surface area contributed by atoms with E-state index in [1.807, 2.05) is 0 Å². The summed E-state index contributed by atoms with van der Waals surface area (Å²) in [5.41, 5.74) is 3.50. The van der Waals surface area contributed by atoms with Crippen LogP contribution in [0.15, 0.2) is 60.7 Å². The van der Waals surface area contributed by atoms with E-state index in [0.717, 1.165) is 19.3 Å². The predicted octanol–water partition coefficient (Wildman–Crippen LogP) is 13.0. The maximum Gasteiger partial charge on any atom is 0.193 e. The lowest BCUT2D eigenvalue weighted by atomic mass is 9.65. The molecular weight excluding hydrogens is 525 g/mol. The van der Waals surface area contributed by atoms with Crippen molar-refractivity contribution >= 4 is 8.32 Å². The lowest BCUT2D eigenvalue weighted by Gasteiger charge is -2.51. The number of hydrogen-bond donors (Lipinski definition) is 0. The largest absolute Gasteiger partial charge is 0.412 e. The SMILES string of the molecule is CC(C)(C)CC(c1ccccc1)C(C)(C)CC(C)(C)[Si](C)(C)OC(C)(C)CC(C)(C)CC(c1ccccc1)C(C)(C)C. The van der Waals surface area contributed by atoms with Gasteiger partial charge in [-0.15, -0.1) is 0 Å². The zero-order chi connectivity index (χ0) is 32.4. The number of benzene rings is 2. The molecule has 2 heteroatoms. The third-order valence-electron chi connectivity index (χ3n) is 9.93. The fraction of sp³-hybridized carbons (Fsp3) is 0.700. The Balaban J connectivity index is 2.27. The first-order chi connectivity index (χ1) is 18.8. The highest BCUT2D eigenvalue weighted by Gasteiger charge is 2.49. The van der Waals surface area contributed by atoms with Gasteiger partial charge in [0.1, 0.15) is 0 Å². The summed E-state index contributed by atoms with van der Waals surface area (Å²) < 4.78 is 7.37. The first kappa shape index (κ1) is 36.8. The van der Waals surface area contributed by atoms with Crippen LogP contribution in [0, 0.1) is 21.7 Å². The molecule has 0 aromatic heterocycles. The molecule has 2 unspecified atom stereocenters. The maximum atomic E-state index is 7.37. The lowest BCUT2D eigenvalue weighted by Crippen LogP contribution is -2.51. The molecule has 0 aliphatic carbocycles. The molecule has 0 bridgehead atoms. The molecule has 2 atom stereocenters. The highest BCUT2D eigenvalue weighted by Crippen LogP contribution is 2.55. The number of rotatable bonds is 13. The number of hydrogen-bond acceptors (Lipinski definition) is 1. The topological polar surface area (TPSA) is 9.23 Å². The van der Waals surface area contributed by atoms with E-state index in [0.29, 0.717) is 11.8 Å². The molecule has 0 radical (unpaired) electrons. The van der Waals surface area contributed by atoms with E-state index in [2.05, 4.69) is 171 Å². The zero-order valence-corrected chi connectivity index (χ0v) is 31.7. The molecule has 0 amide bonds. The molecule has 0 saturated heterocycles. The summed E-state index contributed by atoms with van der Waals surface area (Å²) in [4.78, 5) is 0. The van der Waals surface area contributed by atoms with Crippen molar-refractivity contribution in [3.8, 4) is 0 Å². The molecule has 0 fully saturated rings. The van der Waals surface area contributed by atoms with Crippen molar-refractivity contribution in [3.63, 3.8) is 0 Å². The van der Waals surface area contributed by atoms with Gasteiger partial charge in [0.25, 0.3) is 0 Å². The van der Waals surface area contributed by atoms with Crippen LogP contribution >= 0.6 is 0 Å². The molecule has 2 rings (SSSR count). The summed E-state index contributed by atoms with van der Waals surface area (Å²) in [5.74, 6) is 1.01. The van der Waals surface area contributed by atoms with Gasteiger partial charge in [0.2, 0.25) is 0 Å². The van der Waals surface area contributed by atoms with Gasteiger partial charge in [0.15, 0.2) is 8.32 Å². The van der Waals surface area contributed by atoms with Crippen molar-refractivity contribution in [3.05, 3.63) is 71.8 Å². The van der Waals surface area contributed by atoms with Crippen LogP contribution in [-0.2, 0) is 4.43 Å². The van der Waals surface area contributed by atoms with Gasteiger partial charge in [-0.2, -0.15) is 0 Å². The molecule has 238 valence electrons. The van der Waals surface area contributed by atoms with Gasteiger partial charge < -0.3 is 4.43 Å². The minimum Gasteiger partial charge on any atom is -0.412 e. The van der Waals surface area contributed by atoms with Gasteiger partial charge in [-0.05, 0) is 102 Å². The summed E-state index contributed by atoms with van der Waals surface area (Å²) >= 11 is 0. The minimum absolute atomic E-state index is 0.112. The van der Waals surface area contributed by atoms with Crippen LogP contribution in [0.4, 0.5) is 0 Å². The predicted molar refractivity (Wildman–Crippen MR) is 190 cm³/mol. The average molecular weight is 593 g/mol. The highest BCUT2D eigenvalue weighted by molar-refractivity contribution is 6.74. The van der Waals surface area contributed by atoms with E-state index >= 15 is 0 Å². The van der Waals surface area contributed by atoms with E-state index in [-0.39, 0.29) is 32.3 Å². The second-order valence-electron chi connectivity index (χ2n) is 19.0. The van der Waals surface area contributed by atoms with E-state index in [1.54, 1.807) is 0 Å². The zero-order valence-electron chi connectivity index (χ0n) is 30.7. The van der Waals surface area contributed by atoms with Gasteiger partial charge in [0, 0.05) is 0 Å². The molecule has 0 spiro atoms. The molecule has 1 nitrogen and oxygen atoms in total. The Morgan fingerprint density at radius 3 is 1.40 bits per heavy atom. The Bertz CT molecular complexity index is 1090. The summed E-state index contributed by atoms with van der Waals surface area (Å²) in [6, 6.07) is 22.4. The van der Waals surface area contributed by atoms with E-state index < -0.39 is 8.32 Å². The fourth-order valence-corrected chi connectivity index (χ4v) is 10.5. The second kappa shape index (κ2) is 12.9. The quantitative estimate of drug-likeness (QED) is 0.210. The van der Waals surface area contributed by atoms with Crippen molar-refractivity contribution in [2.75, 3.05) is 0 Å². The molecule has 0 N–H and O–H groups in total. The molecule has 2 aromatic carbocycles. The van der Waals surface area contributed by atoms with Crippen molar-refractivity contribution < 1.29 is 4.43 Å². The summed E-state index contributed by atoms with van der Waals surface area (Å²) in [5, 5.41) is 0.112. The third kappa shape index (κ3) is 10.7. The van der Waals surface area contributed by atoms with Crippen molar-refractivity contribution in [2.45, 2.75) is 158 Å². The Morgan fingerprint density at radius 2 is 1.00 bits per heavy atom. The van der Waals surface area contributed by atoms with Gasteiger partial charge >= 0.3 is 0 Å².